The van der Waals surface area contributed by atoms with Crippen molar-refractivity contribution < 1.29 is 9.90 Å². The predicted molar refractivity (Wildman–Crippen MR) is 64.5 cm³/mol. The van der Waals surface area contributed by atoms with Gasteiger partial charge in [-0.1, -0.05) is 17.7 Å². The van der Waals surface area contributed by atoms with Crippen LogP contribution < -0.4 is 0 Å². The highest BCUT2D eigenvalue weighted by molar-refractivity contribution is 6.32. The van der Waals surface area contributed by atoms with E-state index in [1.807, 2.05) is 12.1 Å². The average molecular weight is 251 g/mol. The van der Waals surface area contributed by atoms with Gasteiger partial charge < -0.3 is 9.67 Å². The number of halogens is 1. The van der Waals surface area contributed by atoms with Gasteiger partial charge >= 0.3 is 5.97 Å². The summed E-state index contributed by atoms with van der Waals surface area (Å²) < 4.78 is 1.80. The summed E-state index contributed by atoms with van der Waals surface area (Å²) in [6.07, 6.45) is 5.73. The van der Waals surface area contributed by atoms with Gasteiger partial charge in [-0.25, -0.2) is 4.98 Å². The molecule has 2 aromatic rings. The van der Waals surface area contributed by atoms with Gasteiger partial charge in [0, 0.05) is 18.8 Å². The zero-order valence-corrected chi connectivity index (χ0v) is 9.76. The fourth-order valence-electron chi connectivity index (χ4n) is 1.56. The Morgan fingerprint density at radius 1 is 1.47 bits per heavy atom. The van der Waals surface area contributed by atoms with Gasteiger partial charge in [0.1, 0.15) is 0 Å². The number of nitrogens with zero attached hydrogens (tertiary/aromatic N) is 2. The second kappa shape index (κ2) is 5.01. The van der Waals surface area contributed by atoms with Gasteiger partial charge in [0.25, 0.3) is 0 Å². The largest absolute Gasteiger partial charge is 0.481 e. The van der Waals surface area contributed by atoms with Gasteiger partial charge in [-0.05, 0) is 24.1 Å². The molecule has 2 rings (SSSR count). The molecule has 0 radical (unpaired) electrons. The molecule has 0 amide bonds. The van der Waals surface area contributed by atoms with Crippen molar-refractivity contribution >= 4 is 17.6 Å². The highest BCUT2D eigenvalue weighted by Crippen LogP contribution is 2.22. The second-order valence-electron chi connectivity index (χ2n) is 3.65. The third kappa shape index (κ3) is 2.85. The molecule has 0 unspecified atom stereocenters. The minimum absolute atomic E-state index is 0.116. The van der Waals surface area contributed by atoms with E-state index >= 15 is 0 Å². The van der Waals surface area contributed by atoms with Crippen LogP contribution in [0, 0.1) is 0 Å². The molecule has 4 nitrogen and oxygen atoms in total. The van der Waals surface area contributed by atoms with E-state index < -0.39 is 5.97 Å². The predicted octanol–water partition coefficient (Wildman–Crippen LogP) is 2.54. The van der Waals surface area contributed by atoms with E-state index in [2.05, 4.69) is 4.98 Å². The SMILES string of the molecule is O=C(O)CCc1ccc(Cl)c(-n2ccnc2)c1. The van der Waals surface area contributed by atoms with E-state index in [1.54, 1.807) is 29.4 Å². The van der Waals surface area contributed by atoms with Crippen LogP contribution >= 0.6 is 11.6 Å². The number of imidazole rings is 1. The number of aryl methyl sites for hydroxylation is 1. The van der Waals surface area contributed by atoms with E-state index in [4.69, 9.17) is 16.7 Å². The van der Waals surface area contributed by atoms with Gasteiger partial charge in [0.05, 0.1) is 17.0 Å². The normalized spacial score (nSPS) is 10.4. The first-order valence-electron chi connectivity index (χ1n) is 5.15. The van der Waals surface area contributed by atoms with Crippen LogP contribution in [0.15, 0.2) is 36.9 Å². The molecule has 88 valence electrons. The molecular formula is C12H11ClN2O2. The number of carboxylic acid groups (broad SMARTS) is 1. The summed E-state index contributed by atoms with van der Waals surface area (Å²) in [5, 5.41) is 9.25. The van der Waals surface area contributed by atoms with Crippen LogP contribution in [-0.4, -0.2) is 20.6 Å². The smallest absolute Gasteiger partial charge is 0.303 e. The van der Waals surface area contributed by atoms with E-state index in [-0.39, 0.29) is 6.42 Å². The van der Waals surface area contributed by atoms with Crippen molar-refractivity contribution in [2.24, 2.45) is 0 Å². The van der Waals surface area contributed by atoms with Crippen LogP contribution in [-0.2, 0) is 11.2 Å². The van der Waals surface area contributed by atoms with Crippen LogP contribution in [0.1, 0.15) is 12.0 Å². The summed E-state index contributed by atoms with van der Waals surface area (Å²) in [4.78, 5) is 14.5. The molecule has 1 aromatic heterocycles. The van der Waals surface area contributed by atoms with Crippen molar-refractivity contribution in [3.63, 3.8) is 0 Å². The Balaban J connectivity index is 2.27. The van der Waals surface area contributed by atoms with Crippen LogP contribution in [0.4, 0.5) is 0 Å². The summed E-state index contributed by atoms with van der Waals surface area (Å²) in [6, 6.07) is 5.49. The van der Waals surface area contributed by atoms with Crippen molar-refractivity contribution in [2.45, 2.75) is 12.8 Å². The molecule has 5 heteroatoms. The van der Waals surface area contributed by atoms with Crippen molar-refractivity contribution in [2.75, 3.05) is 0 Å². The summed E-state index contributed by atoms with van der Waals surface area (Å²) in [6.45, 7) is 0. The summed E-state index contributed by atoms with van der Waals surface area (Å²) >= 11 is 6.09. The van der Waals surface area contributed by atoms with Gasteiger partial charge in [0.2, 0.25) is 0 Å². The fourth-order valence-corrected chi connectivity index (χ4v) is 1.78. The van der Waals surface area contributed by atoms with Gasteiger partial charge in [0.15, 0.2) is 0 Å². The van der Waals surface area contributed by atoms with Crippen molar-refractivity contribution in [3.05, 3.63) is 47.5 Å². The molecule has 0 aliphatic heterocycles. The maximum absolute atomic E-state index is 10.5. The first-order chi connectivity index (χ1) is 8.16. The molecule has 0 atom stereocenters. The van der Waals surface area contributed by atoms with Gasteiger partial charge in [-0.3, -0.25) is 4.79 Å². The van der Waals surface area contributed by atoms with E-state index in [1.165, 1.54) is 0 Å². The number of carboxylic acids is 1. The third-order valence-electron chi connectivity index (χ3n) is 2.42. The number of aromatic nitrogens is 2. The summed E-state index contributed by atoms with van der Waals surface area (Å²) in [5.74, 6) is -0.802. The number of aliphatic carboxylic acids is 1. The van der Waals surface area contributed by atoms with Crippen LogP contribution in [0.5, 0.6) is 0 Å². The lowest BCUT2D eigenvalue weighted by molar-refractivity contribution is -0.136. The Bertz CT molecular complexity index is 523. The van der Waals surface area contributed by atoms with Gasteiger partial charge in [-0.2, -0.15) is 0 Å². The summed E-state index contributed by atoms with van der Waals surface area (Å²) in [7, 11) is 0. The molecule has 0 aliphatic carbocycles. The lowest BCUT2D eigenvalue weighted by Crippen LogP contribution is -1.99. The number of hydrogen-bond donors (Lipinski definition) is 1. The Morgan fingerprint density at radius 2 is 2.29 bits per heavy atom. The lowest BCUT2D eigenvalue weighted by atomic mass is 10.1. The number of hydrogen-bond acceptors (Lipinski definition) is 2. The minimum Gasteiger partial charge on any atom is -0.481 e. The van der Waals surface area contributed by atoms with E-state index in [9.17, 15) is 4.79 Å². The van der Waals surface area contributed by atoms with Crippen molar-refractivity contribution in [3.8, 4) is 5.69 Å². The molecular weight excluding hydrogens is 240 g/mol. The highest BCUT2D eigenvalue weighted by Gasteiger charge is 2.05. The van der Waals surface area contributed by atoms with Gasteiger partial charge in [-0.15, -0.1) is 0 Å². The molecule has 0 saturated heterocycles. The second-order valence-corrected chi connectivity index (χ2v) is 4.06. The Labute approximate surface area is 103 Å². The fraction of sp³-hybridized carbons (Fsp3) is 0.167. The number of benzene rings is 1. The first-order valence-corrected chi connectivity index (χ1v) is 5.53. The zero-order chi connectivity index (χ0) is 12.3. The molecule has 0 spiro atoms. The highest BCUT2D eigenvalue weighted by atomic mass is 35.5. The van der Waals surface area contributed by atoms with E-state index in [0.717, 1.165) is 11.3 Å². The molecule has 1 N–H and O–H groups in total. The summed E-state index contributed by atoms with van der Waals surface area (Å²) in [5.41, 5.74) is 1.76. The lowest BCUT2D eigenvalue weighted by Gasteiger charge is -2.07. The van der Waals surface area contributed by atoms with Crippen molar-refractivity contribution in [1.29, 1.82) is 0 Å². The minimum atomic E-state index is -0.802. The molecule has 0 saturated carbocycles. The van der Waals surface area contributed by atoms with Crippen LogP contribution in [0.25, 0.3) is 5.69 Å². The third-order valence-corrected chi connectivity index (χ3v) is 2.74. The Hall–Kier alpha value is -1.81. The quantitative estimate of drug-likeness (QED) is 0.907. The molecule has 1 aromatic carbocycles. The maximum Gasteiger partial charge on any atom is 0.303 e. The number of carbonyl (C=O) groups is 1. The van der Waals surface area contributed by atoms with E-state index in [0.29, 0.717) is 11.4 Å². The molecule has 0 fully saturated rings. The molecule has 0 bridgehead atoms. The van der Waals surface area contributed by atoms with Crippen LogP contribution in [0.2, 0.25) is 5.02 Å². The molecule has 0 aliphatic rings. The average Bonchev–Trinajstić information content (AvgIpc) is 2.81. The molecule has 17 heavy (non-hydrogen) atoms. The number of rotatable bonds is 4. The monoisotopic (exact) mass is 250 g/mol. The maximum atomic E-state index is 10.5. The Kier molecular flexibility index (Phi) is 3.44. The standard InChI is InChI=1S/C12H11ClN2O2/c13-10-3-1-9(2-4-12(16)17)7-11(10)15-6-5-14-8-15/h1,3,5-8H,2,4H2,(H,16,17). The first kappa shape index (κ1) is 11.7. The Morgan fingerprint density at radius 3 is 2.94 bits per heavy atom. The van der Waals surface area contributed by atoms with Crippen molar-refractivity contribution in [1.82, 2.24) is 9.55 Å². The zero-order valence-electron chi connectivity index (χ0n) is 9.01. The molecule has 1 heterocycles. The van der Waals surface area contributed by atoms with Crippen LogP contribution in [0.3, 0.4) is 0 Å². The topological polar surface area (TPSA) is 55.1 Å².